The quantitative estimate of drug-likeness (QED) is 0.256. The second kappa shape index (κ2) is 11.2. The maximum absolute atomic E-state index is 12.4. The SMILES string of the molecule is CC.CN/N=C(/CC(=O)OCc1ccccc1)c1c(C=O)n(C)c2cc(Cl)ccc12. The van der Waals surface area contributed by atoms with E-state index >= 15 is 0 Å². The van der Waals surface area contributed by atoms with Gasteiger partial charge in [0.15, 0.2) is 6.29 Å². The fourth-order valence-corrected chi connectivity index (χ4v) is 3.28. The summed E-state index contributed by atoms with van der Waals surface area (Å²) in [5.74, 6) is -0.430. The monoisotopic (exact) mass is 427 g/mol. The molecule has 3 aromatic rings. The van der Waals surface area contributed by atoms with Crippen molar-refractivity contribution in [3.63, 3.8) is 0 Å². The number of nitrogens with one attached hydrogen (secondary N) is 1. The Balaban J connectivity index is 0.00000155. The van der Waals surface area contributed by atoms with Crippen molar-refractivity contribution in [1.82, 2.24) is 9.99 Å². The first kappa shape index (κ1) is 23.2. The number of ether oxygens (including phenoxy) is 1. The predicted molar refractivity (Wildman–Crippen MR) is 121 cm³/mol. The van der Waals surface area contributed by atoms with Gasteiger partial charge in [-0.25, -0.2) is 0 Å². The summed E-state index contributed by atoms with van der Waals surface area (Å²) in [6, 6.07) is 14.8. The average molecular weight is 428 g/mol. The molecule has 3 rings (SSSR count). The summed E-state index contributed by atoms with van der Waals surface area (Å²) in [5.41, 5.74) is 5.83. The molecule has 0 atom stereocenters. The maximum atomic E-state index is 12.4. The summed E-state index contributed by atoms with van der Waals surface area (Å²) >= 11 is 6.10. The topological polar surface area (TPSA) is 72.7 Å². The molecule has 158 valence electrons. The van der Waals surface area contributed by atoms with Gasteiger partial charge >= 0.3 is 5.97 Å². The number of esters is 1. The van der Waals surface area contributed by atoms with E-state index in [0.29, 0.717) is 22.0 Å². The van der Waals surface area contributed by atoms with Crippen LogP contribution in [0, 0.1) is 0 Å². The molecule has 0 radical (unpaired) electrons. The van der Waals surface area contributed by atoms with Crippen molar-refractivity contribution in [2.75, 3.05) is 7.05 Å². The van der Waals surface area contributed by atoms with Gasteiger partial charge in [0.1, 0.15) is 6.61 Å². The van der Waals surface area contributed by atoms with E-state index in [1.165, 1.54) is 0 Å². The fourth-order valence-electron chi connectivity index (χ4n) is 3.12. The lowest BCUT2D eigenvalue weighted by atomic mass is 10.0. The summed E-state index contributed by atoms with van der Waals surface area (Å²) in [5, 5.41) is 5.60. The van der Waals surface area contributed by atoms with Crippen molar-refractivity contribution in [2.24, 2.45) is 12.1 Å². The summed E-state index contributed by atoms with van der Waals surface area (Å²) in [6.45, 7) is 4.18. The van der Waals surface area contributed by atoms with E-state index < -0.39 is 5.97 Å². The Hall–Kier alpha value is -3.12. The molecule has 6 nitrogen and oxygen atoms in total. The van der Waals surface area contributed by atoms with Crippen LogP contribution in [-0.2, 0) is 23.2 Å². The van der Waals surface area contributed by atoms with Crippen molar-refractivity contribution in [3.05, 3.63) is 70.4 Å². The largest absolute Gasteiger partial charge is 0.461 e. The number of carbonyl (C=O) groups is 2. The molecule has 0 saturated heterocycles. The number of hydrogen-bond acceptors (Lipinski definition) is 5. The smallest absolute Gasteiger partial charge is 0.312 e. The number of halogens is 1. The van der Waals surface area contributed by atoms with Gasteiger partial charge in [0.2, 0.25) is 0 Å². The summed E-state index contributed by atoms with van der Waals surface area (Å²) in [6.07, 6.45) is 0.681. The molecule has 0 aliphatic carbocycles. The first-order valence-corrected chi connectivity index (χ1v) is 10.1. The van der Waals surface area contributed by atoms with E-state index in [9.17, 15) is 9.59 Å². The summed E-state index contributed by atoms with van der Waals surface area (Å²) in [7, 11) is 3.41. The maximum Gasteiger partial charge on any atom is 0.312 e. The molecule has 0 aliphatic heterocycles. The molecule has 0 unspecified atom stereocenters. The van der Waals surface area contributed by atoms with Crippen LogP contribution in [0.2, 0.25) is 5.02 Å². The van der Waals surface area contributed by atoms with E-state index in [0.717, 1.165) is 22.8 Å². The molecular formula is C23H26ClN3O3. The third-order valence-electron chi connectivity index (χ3n) is 4.41. The van der Waals surface area contributed by atoms with Crippen LogP contribution >= 0.6 is 11.6 Å². The first-order valence-electron chi connectivity index (χ1n) is 9.71. The molecule has 0 saturated carbocycles. The van der Waals surface area contributed by atoms with Gasteiger partial charge in [-0.15, -0.1) is 0 Å². The molecule has 0 bridgehead atoms. The molecule has 1 heterocycles. The lowest BCUT2D eigenvalue weighted by Crippen LogP contribution is -2.16. The highest BCUT2D eigenvalue weighted by Gasteiger charge is 2.22. The molecule has 0 aliphatic rings. The van der Waals surface area contributed by atoms with Crippen LogP contribution in [0.3, 0.4) is 0 Å². The Morgan fingerprint density at radius 1 is 1.20 bits per heavy atom. The van der Waals surface area contributed by atoms with Crippen LogP contribution in [0.5, 0.6) is 0 Å². The van der Waals surface area contributed by atoms with E-state index in [1.807, 2.05) is 50.2 Å². The second-order valence-corrected chi connectivity index (χ2v) is 6.64. The minimum Gasteiger partial charge on any atom is -0.461 e. The van der Waals surface area contributed by atoms with E-state index in [1.54, 1.807) is 30.8 Å². The van der Waals surface area contributed by atoms with Gasteiger partial charge in [-0.2, -0.15) is 5.10 Å². The van der Waals surface area contributed by atoms with Gasteiger partial charge in [0, 0.05) is 30.1 Å². The van der Waals surface area contributed by atoms with Gasteiger partial charge in [0.05, 0.1) is 23.3 Å². The molecule has 1 N–H and O–H groups in total. The van der Waals surface area contributed by atoms with Gasteiger partial charge in [-0.1, -0.05) is 61.8 Å². The predicted octanol–water partition coefficient (Wildman–Crippen LogP) is 4.73. The normalized spacial score (nSPS) is 10.9. The number of aromatic nitrogens is 1. The number of carbonyl (C=O) groups excluding carboxylic acids is 2. The lowest BCUT2D eigenvalue weighted by molar-refractivity contribution is -0.143. The molecule has 2 aromatic carbocycles. The van der Waals surface area contributed by atoms with E-state index in [-0.39, 0.29) is 13.0 Å². The third kappa shape index (κ3) is 5.27. The highest BCUT2D eigenvalue weighted by molar-refractivity contribution is 6.31. The molecule has 1 aromatic heterocycles. The van der Waals surface area contributed by atoms with Gasteiger partial charge in [-0.3, -0.25) is 9.59 Å². The van der Waals surface area contributed by atoms with Crippen LogP contribution in [0.1, 0.15) is 41.9 Å². The van der Waals surface area contributed by atoms with Gasteiger partial charge in [0.25, 0.3) is 0 Å². The number of nitrogens with zero attached hydrogens (tertiary/aromatic N) is 2. The molecule has 0 fully saturated rings. The molecule has 7 heteroatoms. The molecular weight excluding hydrogens is 402 g/mol. The third-order valence-corrected chi connectivity index (χ3v) is 4.64. The van der Waals surface area contributed by atoms with Gasteiger partial charge in [-0.05, 0) is 17.7 Å². The molecule has 30 heavy (non-hydrogen) atoms. The Morgan fingerprint density at radius 3 is 2.53 bits per heavy atom. The zero-order valence-corrected chi connectivity index (χ0v) is 18.4. The van der Waals surface area contributed by atoms with Crippen molar-refractivity contribution in [3.8, 4) is 0 Å². The van der Waals surface area contributed by atoms with Crippen LogP contribution in [0.4, 0.5) is 0 Å². The standard InChI is InChI=1S/C21H20ClN3O3.C2H6/c1-23-24-17(11-20(27)28-13-14-6-4-3-5-7-14)21-16-9-8-15(22)10-18(16)25(2)19(21)12-26;1-2/h3-10,12,23H,11,13H2,1-2H3;1-2H3/b24-17-;. The number of hydrogen-bond donors (Lipinski definition) is 1. The van der Waals surface area contributed by atoms with E-state index in [2.05, 4.69) is 10.5 Å². The van der Waals surface area contributed by atoms with Crippen molar-refractivity contribution < 1.29 is 14.3 Å². The van der Waals surface area contributed by atoms with Gasteiger partial charge < -0.3 is 14.7 Å². The minimum atomic E-state index is -0.430. The van der Waals surface area contributed by atoms with Crippen molar-refractivity contribution in [2.45, 2.75) is 26.9 Å². The number of aldehydes is 1. The Bertz CT molecular complexity index is 1040. The molecule has 0 amide bonds. The van der Waals surface area contributed by atoms with Crippen molar-refractivity contribution >= 4 is 40.5 Å². The number of rotatable bonds is 7. The number of fused-ring (bicyclic) bond motifs is 1. The lowest BCUT2D eigenvalue weighted by Gasteiger charge is -2.08. The average Bonchev–Trinajstić information content (AvgIpc) is 3.05. The molecule has 0 spiro atoms. The fraction of sp³-hybridized carbons (Fsp3) is 0.261. The Morgan fingerprint density at radius 2 is 1.90 bits per heavy atom. The van der Waals surface area contributed by atoms with Crippen molar-refractivity contribution in [1.29, 1.82) is 0 Å². The Labute approximate surface area is 181 Å². The summed E-state index contributed by atoms with van der Waals surface area (Å²) in [4.78, 5) is 24.2. The Kier molecular flexibility index (Phi) is 8.62. The second-order valence-electron chi connectivity index (χ2n) is 6.20. The first-order chi connectivity index (χ1) is 14.5. The van der Waals surface area contributed by atoms with Crippen LogP contribution in [0.25, 0.3) is 10.9 Å². The number of aryl methyl sites for hydroxylation is 1. The zero-order valence-electron chi connectivity index (χ0n) is 17.6. The number of benzene rings is 2. The van der Waals surface area contributed by atoms with Crippen LogP contribution in [-0.4, -0.2) is 29.6 Å². The summed E-state index contributed by atoms with van der Waals surface area (Å²) < 4.78 is 7.11. The van der Waals surface area contributed by atoms with E-state index in [4.69, 9.17) is 16.3 Å². The van der Waals surface area contributed by atoms with Crippen LogP contribution < -0.4 is 5.43 Å². The zero-order chi connectivity index (χ0) is 22.1. The highest BCUT2D eigenvalue weighted by atomic mass is 35.5. The minimum absolute atomic E-state index is 0.0732. The number of hydrazone groups is 1. The van der Waals surface area contributed by atoms with Crippen LogP contribution in [0.15, 0.2) is 53.6 Å². The highest BCUT2D eigenvalue weighted by Crippen LogP contribution is 2.28.